The van der Waals surface area contributed by atoms with Crippen LogP contribution < -0.4 is 5.32 Å². The van der Waals surface area contributed by atoms with E-state index in [0.717, 1.165) is 79.4 Å². The predicted octanol–water partition coefficient (Wildman–Crippen LogP) is 12.0. The molecule has 5 heterocycles. The van der Waals surface area contributed by atoms with Crippen molar-refractivity contribution >= 4 is 11.5 Å². The van der Waals surface area contributed by atoms with Gasteiger partial charge in [0.1, 0.15) is 5.84 Å². The van der Waals surface area contributed by atoms with Crippen LogP contribution in [0.25, 0.3) is 55.9 Å². The Balaban J connectivity index is 1.13. The lowest BCUT2D eigenvalue weighted by Crippen LogP contribution is -2.33. The maximum atomic E-state index is 5.44. The summed E-state index contributed by atoms with van der Waals surface area (Å²) in [5, 5.41) is 3.83. The molecule has 1 aliphatic carbocycles. The van der Waals surface area contributed by atoms with E-state index in [1.54, 1.807) is 12.4 Å². The SMILES string of the molecule is C1=CCC(c2ccc(-c3cc(-c4ccc(-c5ccccc5)cc4)cc4c3N=C(c3ccc(-c5cccnc5)nc3)NC4c3ccc(-c4cccnc4)nc3)cc2)C=C1. The topological polar surface area (TPSA) is 76.0 Å². The van der Waals surface area contributed by atoms with Gasteiger partial charge in [0.15, 0.2) is 0 Å². The largest absolute Gasteiger partial charge is 0.358 e. The first-order valence-corrected chi connectivity index (χ1v) is 19.6. The highest BCUT2D eigenvalue weighted by molar-refractivity contribution is 6.04. The molecule has 276 valence electrons. The van der Waals surface area contributed by atoms with Gasteiger partial charge in [-0.1, -0.05) is 109 Å². The second kappa shape index (κ2) is 15.5. The van der Waals surface area contributed by atoms with Gasteiger partial charge in [-0.3, -0.25) is 19.9 Å². The van der Waals surface area contributed by atoms with Gasteiger partial charge < -0.3 is 5.32 Å². The quantitative estimate of drug-likeness (QED) is 0.168. The van der Waals surface area contributed by atoms with Crippen LogP contribution >= 0.6 is 0 Å². The number of aliphatic imine (C=N–C) groups is 1. The summed E-state index contributed by atoms with van der Waals surface area (Å²) >= 11 is 0. The minimum atomic E-state index is -0.253. The van der Waals surface area contributed by atoms with E-state index in [-0.39, 0.29) is 6.04 Å². The van der Waals surface area contributed by atoms with Gasteiger partial charge in [0.05, 0.1) is 23.1 Å². The fourth-order valence-corrected chi connectivity index (χ4v) is 7.86. The molecule has 4 aromatic heterocycles. The lowest BCUT2D eigenvalue weighted by atomic mass is 9.86. The monoisotopic (exact) mass is 746 g/mol. The Kier molecular flexibility index (Phi) is 9.34. The molecule has 6 heteroatoms. The molecule has 2 atom stereocenters. The Morgan fingerprint density at radius 2 is 1.10 bits per heavy atom. The van der Waals surface area contributed by atoms with Gasteiger partial charge in [-0.15, -0.1) is 0 Å². The minimum Gasteiger partial charge on any atom is -0.358 e. The molecular formula is C52H38N6. The average molecular weight is 747 g/mol. The van der Waals surface area contributed by atoms with Gasteiger partial charge in [0.2, 0.25) is 0 Å². The summed E-state index contributed by atoms with van der Waals surface area (Å²) in [5.41, 5.74) is 15.7. The summed E-state index contributed by atoms with van der Waals surface area (Å²) in [5.74, 6) is 1.11. The Morgan fingerprint density at radius 3 is 1.72 bits per heavy atom. The molecule has 0 fully saturated rings. The first-order chi connectivity index (χ1) is 28.7. The van der Waals surface area contributed by atoms with E-state index in [9.17, 15) is 0 Å². The zero-order valence-electron chi connectivity index (χ0n) is 31.7. The number of hydrogen-bond acceptors (Lipinski definition) is 6. The average Bonchev–Trinajstić information content (AvgIpc) is 3.32. The van der Waals surface area contributed by atoms with Crippen molar-refractivity contribution in [3.05, 3.63) is 223 Å². The van der Waals surface area contributed by atoms with E-state index in [1.165, 1.54) is 16.7 Å². The van der Waals surface area contributed by atoms with Crippen LogP contribution in [-0.2, 0) is 0 Å². The van der Waals surface area contributed by atoms with Crippen LogP contribution in [0.3, 0.4) is 0 Å². The summed E-state index contributed by atoms with van der Waals surface area (Å²) < 4.78 is 0. The molecule has 8 aromatic rings. The molecule has 10 rings (SSSR count). The minimum absolute atomic E-state index is 0.253. The molecule has 6 nitrogen and oxygen atoms in total. The number of hydrogen-bond donors (Lipinski definition) is 1. The molecule has 1 aliphatic heterocycles. The number of fused-ring (bicyclic) bond motifs is 1. The molecule has 2 unspecified atom stereocenters. The van der Waals surface area contributed by atoms with Gasteiger partial charge >= 0.3 is 0 Å². The number of rotatable bonds is 8. The third-order valence-electron chi connectivity index (χ3n) is 11.0. The van der Waals surface area contributed by atoms with Crippen LogP contribution in [0.4, 0.5) is 5.69 Å². The highest BCUT2D eigenvalue weighted by Gasteiger charge is 2.28. The third-order valence-corrected chi connectivity index (χ3v) is 11.0. The Hall–Kier alpha value is -7.57. The summed E-state index contributed by atoms with van der Waals surface area (Å²) in [7, 11) is 0. The van der Waals surface area contributed by atoms with Crippen molar-refractivity contribution in [2.75, 3.05) is 0 Å². The summed E-state index contributed by atoms with van der Waals surface area (Å²) in [4.78, 5) is 23.8. The van der Waals surface area contributed by atoms with Gasteiger partial charge in [-0.25, -0.2) is 4.99 Å². The Bertz CT molecular complexity index is 2780. The lowest BCUT2D eigenvalue weighted by Gasteiger charge is -2.30. The first-order valence-electron chi connectivity index (χ1n) is 19.6. The van der Waals surface area contributed by atoms with Gasteiger partial charge in [-0.2, -0.15) is 0 Å². The number of aromatic nitrogens is 4. The summed E-state index contributed by atoms with van der Waals surface area (Å²) in [6.07, 6.45) is 20.9. The molecule has 2 aliphatic rings. The van der Waals surface area contributed by atoms with Crippen molar-refractivity contribution in [1.29, 1.82) is 0 Å². The zero-order chi connectivity index (χ0) is 38.7. The maximum absolute atomic E-state index is 5.44. The van der Waals surface area contributed by atoms with Crippen molar-refractivity contribution in [3.63, 3.8) is 0 Å². The van der Waals surface area contributed by atoms with Gasteiger partial charge in [0, 0.05) is 70.9 Å². The third kappa shape index (κ3) is 7.04. The standard InChI is InChI=1S/C52H38N6/c1-3-9-35(10-4-1)37-15-17-39(18-16-37)45-29-46(40-21-19-38(20-22-40)36-11-5-2-6-12-36)51-47(30-45)50(43-23-25-48(55-33-43)41-13-7-27-53-31-41)57-52(58-51)44-24-26-49(56-34-44)42-14-8-28-54-32-42/h1-11,13-34,36,50H,12H2,(H,57,58). The molecule has 0 saturated carbocycles. The lowest BCUT2D eigenvalue weighted by molar-refractivity contribution is 0.746. The predicted molar refractivity (Wildman–Crippen MR) is 234 cm³/mol. The Morgan fingerprint density at radius 1 is 0.483 bits per heavy atom. The smallest absolute Gasteiger partial charge is 0.136 e. The molecule has 1 N–H and O–H groups in total. The summed E-state index contributed by atoms with van der Waals surface area (Å²) in [6.45, 7) is 0. The highest BCUT2D eigenvalue weighted by atomic mass is 15.1. The summed E-state index contributed by atoms with van der Waals surface area (Å²) in [6, 6.07) is 49.0. The van der Waals surface area contributed by atoms with E-state index in [1.807, 2.05) is 55.1 Å². The molecule has 4 aromatic carbocycles. The molecule has 0 bridgehead atoms. The zero-order valence-corrected chi connectivity index (χ0v) is 31.7. The normalized spacial score (nSPS) is 15.6. The highest BCUT2D eigenvalue weighted by Crippen LogP contribution is 2.45. The number of allylic oxidation sites excluding steroid dienone is 4. The molecule has 0 amide bonds. The fraction of sp³-hybridized carbons (Fsp3) is 0.0577. The maximum Gasteiger partial charge on any atom is 0.136 e. The number of nitrogens with zero attached hydrogens (tertiary/aromatic N) is 5. The van der Waals surface area contributed by atoms with Gasteiger partial charge in [0.25, 0.3) is 0 Å². The first kappa shape index (κ1) is 34.9. The van der Waals surface area contributed by atoms with Crippen molar-refractivity contribution in [2.45, 2.75) is 18.4 Å². The van der Waals surface area contributed by atoms with Crippen LogP contribution in [0.1, 0.15) is 40.6 Å². The molecule has 58 heavy (non-hydrogen) atoms. The van der Waals surface area contributed by atoms with Crippen molar-refractivity contribution in [1.82, 2.24) is 25.3 Å². The van der Waals surface area contributed by atoms with E-state index in [0.29, 0.717) is 5.92 Å². The van der Waals surface area contributed by atoms with Crippen molar-refractivity contribution in [2.24, 2.45) is 4.99 Å². The number of nitrogens with one attached hydrogen (secondary N) is 1. The molecule has 0 radical (unpaired) electrons. The fourth-order valence-electron chi connectivity index (χ4n) is 7.86. The van der Waals surface area contributed by atoms with Crippen molar-refractivity contribution < 1.29 is 0 Å². The van der Waals surface area contributed by atoms with Crippen LogP contribution in [0.15, 0.2) is 206 Å². The number of benzene rings is 4. The van der Waals surface area contributed by atoms with Crippen LogP contribution in [-0.4, -0.2) is 25.8 Å². The number of amidine groups is 1. The van der Waals surface area contributed by atoms with Crippen LogP contribution in [0, 0.1) is 0 Å². The molecule has 0 spiro atoms. The van der Waals surface area contributed by atoms with E-state index in [4.69, 9.17) is 15.0 Å². The Labute approximate surface area is 338 Å². The molecular weight excluding hydrogens is 709 g/mol. The second-order valence-corrected chi connectivity index (χ2v) is 14.6. The molecule has 0 saturated heterocycles. The van der Waals surface area contributed by atoms with Gasteiger partial charge in [-0.05, 0) is 100.0 Å². The van der Waals surface area contributed by atoms with Crippen LogP contribution in [0.5, 0.6) is 0 Å². The van der Waals surface area contributed by atoms with Crippen LogP contribution in [0.2, 0.25) is 0 Å². The van der Waals surface area contributed by atoms with Crippen molar-refractivity contribution in [3.8, 4) is 55.9 Å². The van der Waals surface area contributed by atoms with E-state index < -0.39 is 0 Å². The second-order valence-electron chi connectivity index (χ2n) is 14.6. The van der Waals surface area contributed by atoms with E-state index >= 15 is 0 Å². The van der Waals surface area contributed by atoms with E-state index in [2.05, 4.69) is 149 Å². The number of pyridine rings is 4.